The molecule has 0 spiro atoms. The molecule has 3 heterocycles. The van der Waals surface area contributed by atoms with Gasteiger partial charge in [0.05, 0.1) is 18.0 Å². The maximum absolute atomic E-state index is 12.3. The van der Waals surface area contributed by atoms with Gasteiger partial charge in [0.1, 0.15) is 0 Å². The van der Waals surface area contributed by atoms with Gasteiger partial charge in [-0.25, -0.2) is 4.98 Å². The van der Waals surface area contributed by atoms with Crippen molar-refractivity contribution >= 4 is 11.4 Å². The topological polar surface area (TPSA) is 58.4 Å². The summed E-state index contributed by atoms with van der Waals surface area (Å²) in [6.07, 6.45) is 7.63. The molecule has 1 aliphatic carbocycles. The van der Waals surface area contributed by atoms with Gasteiger partial charge >= 0.3 is 0 Å². The molecular formula is C14H16N4O. The van der Waals surface area contributed by atoms with Crippen LogP contribution < -0.4 is 10.6 Å². The lowest BCUT2D eigenvalue weighted by Gasteiger charge is -2.23. The second-order valence-corrected chi connectivity index (χ2v) is 5.56. The molecule has 2 aromatic heterocycles. The van der Waals surface area contributed by atoms with Crippen LogP contribution >= 0.6 is 0 Å². The lowest BCUT2D eigenvalue weighted by atomic mass is 10.0. The highest BCUT2D eigenvalue weighted by Gasteiger charge is 2.40. The summed E-state index contributed by atoms with van der Waals surface area (Å²) < 4.78 is 1.90. The van der Waals surface area contributed by atoms with Crippen LogP contribution in [0.2, 0.25) is 0 Å². The van der Waals surface area contributed by atoms with Crippen molar-refractivity contribution in [2.45, 2.75) is 24.9 Å². The van der Waals surface area contributed by atoms with Crippen LogP contribution in [0.25, 0.3) is 5.52 Å². The van der Waals surface area contributed by atoms with Crippen LogP contribution in [0.3, 0.4) is 0 Å². The molecule has 19 heavy (non-hydrogen) atoms. The summed E-state index contributed by atoms with van der Waals surface area (Å²) in [7, 11) is 0. The lowest BCUT2D eigenvalue weighted by molar-refractivity contribution is 0.0925. The van der Waals surface area contributed by atoms with Crippen molar-refractivity contribution in [1.29, 1.82) is 0 Å². The Kier molecular flexibility index (Phi) is 2.35. The van der Waals surface area contributed by atoms with Crippen molar-refractivity contribution in [1.82, 2.24) is 20.0 Å². The standard InChI is InChI=1S/C14H16N4O/c19-14(17-13-5-11-3-10(13)6-16-11)9-1-2-18-8-15-7-12(18)4-9/h1-2,4,7-8,10-11,13,16H,3,5-6H2,(H,17,19)/t10-,11+,13+/m0/s1. The number of fused-ring (bicyclic) bond motifs is 3. The van der Waals surface area contributed by atoms with E-state index in [1.165, 1.54) is 6.42 Å². The van der Waals surface area contributed by atoms with E-state index in [4.69, 9.17) is 0 Å². The molecule has 1 amide bonds. The number of nitrogens with one attached hydrogen (secondary N) is 2. The van der Waals surface area contributed by atoms with Crippen LogP contribution in [0.5, 0.6) is 0 Å². The average molecular weight is 256 g/mol. The van der Waals surface area contributed by atoms with Gasteiger partial charge in [0.25, 0.3) is 5.91 Å². The van der Waals surface area contributed by atoms with E-state index in [0.29, 0.717) is 23.6 Å². The van der Waals surface area contributed by atoms with Crippen molar-refractivity contribution in [3.63, 3.8) is 0 Å². The van der Waals surface area contributed by atoms with Crippen LogP contribution in [0.15, 0.2) is 30.9 Å². The summed E-state index contributed by atoms with van der Waals surface area (Å²) in [6.45, 7) is 1.04. The molecule has 5 heteroatoms. The van der Waals surface area contributed by atoms with Gasteiger partial charge in [-0.3, -0.25) is 4.79 Å². The van der Waals surface area contributed by atoms with E-state index < -0.39 is 0 Å². The predicted octanol–water partition coefficient (Wildman–Crippen LogP) is 0.814. The predicted molar refractivity (Wildman–Crippen MR) is 71.0 cm³/mol. The number of nitrogens with zero attached hydrogens (tertiary/aromatic N) is 2. The van der Waals surface area contributed by atoms with Gasteiger partial charge in [-0.2, -0.15) is 0 Å². The second kappa shape index (κ2) is 4.06. The summed E-state index contributed by atoms with van der Waals surface area (Å²) in [4.78, 5) is 16.3. The number of rotatable bonds is 2. The molecule has 4 rings (SSSR count). The number of carbonyl (C=O) groups excluding carboxylic acids is 1. The van der Waals surface area contributed by atoms with Crippen LogP contribution in [0, 0.1) is 5.92 Å². The van der Waals surface area contributed by atoms with Gasteiger partial charge in [-0.05, 0) is 30.9 Å². The summed E-state index contributed by atoms with van der Waals surface area (Å²) in [5.74, 6) is 0.633. The molecule has 98 valence electrons. The van der Waals surface area contributed by atoms with E-state index in [1.807, 2.05) is 22.7 Å². The van der Waals surface area contributed by atoms with Crippen molar-refractivity contribution < 1.29 is 4.79 Å². The Morgan fingerprint density at radius 1 is 1.47 bits per heavy atom. The number of piperidine rings is 1. The van der Waals surface area contributed by atoms with Gasteiger partial charge in [0.15, 0.2) is 0 Å². The second-order valence-electron chi connectivity index (χ2n) is 5.56. The first-order valence-corrected chi connectivity index (χ1v) is 6.75. The summed E-state index contributed by atoms with van der Waals surface area (Å²) in [5, 5.41) is 6.63. The highest BCUT2D eigenvalue weighted by molar-refractivity contribution is 5.95. The Labute approximate surface area is 111 Å². The highest BCUT2D eigenvalue weighted by Crippen LogP contribution is 2.31. The molecule has 0 aromatic carbocycles. The van der Waals surface area contributed by atoms with Gasteiger partial charge < -0.3 is 15.0 Å². The highest BCUT2D eigenvalue weighted by atomic mass is 16.1. The maximum atomic E-state index is 12.3. The molecule has 1 saturated heterocycles. The quantitative estimate of drug-likeness (QED) is 0.836. The van der Waals surface area contributed by atoms with E-state index in [2.05, 4.69) is 15.6 Å². The fourth-order valence-electron chi connectivity index (χ4n) is 3.32. The zero-order valence-electron chi connectivity index (χ0n) is 10.5. The third-order valence-electron chi connectivity index (χ3n) is 4.36. The molecule has 2 bridgehead atoms. The average Bonchev–Trinajstić information content (AvgIpc) is 3.13. The minimum Gasteiger partial charge on any atom is -0.349 e. The number of hydrogen-bond donors (Lipinski definition) is 2. The lowest BCUT2D eigenvalue weighted by Crippen LogP contribution is -2.44. The first kappa shape index (κ1) is 11.0. The Hall–Kier alpha value is -1.88. The third-order valence-corrected chi connectivity index (χ3v) is 4.36. The summed E-state index contributed by atoms with van der Waals surface area (Å²) in [6, 6.07) is 4.66. The molecule has 2 N–H and O–H groups in total. The van der Waals surface area contributed by atoms with Crippen molar-refractivity contribution in [2.75, 3.05) is 6.54 Å². The summed E-state index contributed by atoms with van der Waals surface area (Å²) in [5.41, 5.74) is 1.66. The molecule has 1 aliphatic heterocycles. The molecular weight excluding hydrogens is 240 g/mol. The van der Waals surface area contributed by atoms with Gasteiger partial charge in [0, 0.05) is 30.4 Å². The van der Waals surface area contributed by atoms with E-state index in [9.17, 15) is 4.79 Å². The Balaban J connectivity index is 1.53. The number of pyridine rings is 1. The summed E-state index contributed by atoms with van der Waals surface area (Å²) >= 11 is 0. The first-order valence-electron chi connectivity index (χ1n) is 6.75. The molecule has 2 fully saturated rings. The maximum Gasteiger partial charge on any atom is 0.251 e. The number of aromatic nitrogens is 2. The number of amides is 1. The van der Waals surface area contributed by atoms with Crippen molar-refractivity contribution in [2.24, 2.45) is 5.92 Å². The van der Waals surface area contributed by atoms with E-state index in [0.717, 1.165) is 18.5 Å². The van der Waals surface area contributed by atoms with E-state index in [1.54, 1.807) is 12.5 Å². The van der Waals surface area contributed by atoms with Gasteiger partial charge in [0.2, 0.25) is 0 Å². The normalized spacial score (nSPS) is 28.9. The Bertz CT molecular complexity index is 635. The third kappa shape index (κ3) is 1.81. The zero-order chi connectivity index (χ0) is 12.8. The SMILES string of the molecule is O=C(N[C@@H]1C[C@H]2C[C@H]1CN2)c1ccn2cncc2c1. The molecule has 0 unspecified atom stereocenters. The minimum atomic E-state index is 0.0289. The van der Waals surface area contributed by atoms with Crippen molar-refractivity contribution in [3.05, 3.63) is 36.4 Å². The number of carbonyl (C=O) groups is 1. The zero-order valence-corrected chi connectivity index (χ0v) is 10.5. The Morgan fingerprint density at radius 3 is 3.21 bits per heavy atom. The van der Waals surface area contributed by atoms with Crippen LogP contribution in [0.1, 0.15) is 23.2 Å². The van der Waals surface area contributed by atoms with Gasteiger partial charge in [-0.1, -0.05) is 0 Å². The Morgan fingerprint density at radius 2 is 2.42 bits per heavy atom. The first-order chi connectivity index (χ1) is 9.29. The molecule has 3 atom stereocenters. The van der Waals surface area contributed by atoms with Crippen LogP contribution in [0.4, 0.5) is 0 Å². The molecule has 2 aromatic rings. The van der Waals surface area contributed by atoms with E-state index in [-0.39, 0.29) is 5.91 Å². The largest absolute Gasteiger partial charge is 0.349 e. The molecule has 5 nitrogen and oxygen atoms in total. The monoisotopic (exact) mass is 256 g/mol. The van der Waals surface area contributed by atoms with Crippen LogP contribution in [-0.4, -0.2) is 33.9 Å². The van der Waals surface area contributed by atoms with Crippen LogP contribution in [-0.2, 0) is 0 Å². The molecule has 1 saturated carbocycles. The molecule has 2 aliphatic rings. The fraction of sp³-hybridized carbons (Fsp3) is 0.429. The molecule has 0 radical (unpaired) electrons. The number of hydrogen-bond acceptors (Lipinski definition) is 3. The minimum absolute atomic E-state index is 0.0289. The fourth-order valence-corrected chi connectivity index (χ4v) is 3.32. The smallest absolute Gasteiger partial charge is 0.251 e. The van der Waals surface area contributed by atoms with Gasteiger partial charge in [-0.15, -0.1) is 0 Å². The van der Waals surface area contributed by atoms with Crippen molar-refractivity contribution in [3.8, 4) is 0 Å². The van der Waals surface area contributed by atoms with E-state index >= 15 is 0 Å². The number of imidazole rings is 1.